The van der Waals surface area contributed by atoms with E-state index in [4.69, 9.17) is 0 Å². The first-order valence-electron chi connectivity index (χ1n) is 22.0. The molecule has 8 aromatic rings. The molecule has 1 aliphatic rings. The Morgan fingerprint density at radius 2 is 0.705 bits per heavy atom. The average molecular weight is 829 g/mol. The Labute approximate surface area is 366 Å². The average Bonchev–Trinajstić information content (AvgIpc) is 3.46. The number of rotatable bonds is 8. The van der Waals surface area contributed by atoms with Crippen LogP contribution in [0.4, 0.5) is 34.1 Å². The number of benzene rings is 8. The number of hydrogen-bond donors (Lipinski definition) is 0. The predicted octanol–water partition coefficient (Wildman–Crippen LogP) is 16.8. The van der Waals surface area contributed by atoms with Gasteiger partial charge in [0, 0.05) is 38.8 Å². The van der Waals surface area contributed by atoms with Crippen molar-refractivity contribution in [1.29, 1.82) is 0 Å². The van der Waals surface area contributed by atoms with Crippen LogP contribution in [-0.2, 0) is 4.66 Å². The van der Waals surface area contributed by atoms with E-state index in [2.05, 4.69) is 236 Å². The van der Waals surface area contributed by atoms with Gasteiger partial charge in [0.25, 0.3) is 0 Å². The zero-order chi connectivity index (χ0) is 43.2. The molecule has 0 spiro atoms. The molecular weight excluding hydrogens is 769 g/mol. The minimum Gasteiger partial charge on any atom is -0.310 e. The van der Waals surface area contributed by atoms with Crippen LogP contribution in [0.2, 0.25) is 39.3 Å². The molecule has 0 bridgehead atoms. The first-order chi connectivity index (χ1) is 28.9. The molecule has 0 atom stereocenters. The Bertz CT molecular complexity index is 2790. The van der Waals surface area contributed by atoms with Gasteiger partial charge in [-0.2, -0.15) is 0 Å². The molecule has 0 heterocycles. The van der Waals surface area contributed by atoms with Crippen molar-refractivity contribution in [2.75, 3.05) is 9.80 Å². The summed E-state index contributed by atoms with van der Waals surface area (Å²) in [5.74, 6) is 0. The maximum atomic E-state index is 2.63. The van der Waals surface area contributed by atoms with Crippen LogP contribution < -0.4 is 9.80 Å². The molecule has 0 aliphatic heterocycles. The van der Waals surface area contributed by atoms with Crippen LogP contribution >= 0.6 is 0 Å². The lowest BCUT2D eigenvalue weighted by Crippen LogP contribution is -2.63. The van der Waals surface area contributed by atoms with Crippen molar-refractivity contribution in [2.24, 2.45) is 0 Å². The largest absolute Gasteiger partial charge is 0.310 e. The Morgan fingerprint density at radius 1 is 0.344 bits per heavy atom. The Morgan fingerprint density at radius 3 is 1.05 bits per heavy atom. The molecule has 1 aliphatic carbocycles. The molecule has 9 rings (SSSR count). The SMILES string of the molecule is Cc1cc(C)cc(N(c2ccc3cc4c(cc3c2)C([Si](C)(C)C)([Si](C)(C)C)c2cc3cc(N(c5cc(C)cc(C)c5)c5ccccc5C)ccc3cc2-4)c2ccccc2C)c1. The summed E-state index contributed by atoms with van der Waals surface area (Å²) in [5, 5.41) is 5.20. The lowest BCUT2D eigenvalue weighted by Gasteiger charge is -2.51. The highest BCUT2D eigenvalue weighted by atomic mass is 28.4. The van der Waals surface area contributed by atoms with Gasteiger partial charge in [0.2, 0.25) is 0 Å². The van der Waals surface area contributed by atoms with Gasteiger partial charge in [-0.05, 0) is 192 Å². The fraction of sp³-hybridized carbons (Fsp3) is 0.228. The van der Waals surface area contributed by atoms with Crippen LogP contribution in [0.15, 0.2) is 146 Å². The lowest BCUT2D eigenvalue weighted by atomic mass is 9.97. The van der Waals surface area contributed by atoms with E-state index in [9.17, 15) is 0 Å². The second-order valence-corrected chi connectivity index (χ2v) is 31.0. The van der Waals surface area contributed by atoms with Gasteiger partial charge in [-0.15, -0.1) is 0 Å². The number of aryl methyl sites for hydroxylation is 6. The van der Waals surface area contributed by atoms with Crippen LogP contribution in [0, 0.1) is 41.5 Å². The van der Waals surface area contributed by atoms with E-state index in [1.807, 2.05) is 0 Å². The van der Waals surface area contributed by atoms with Gasteiger partial charge in [0.15, 0.2) is 0 Å². The van der Waals surface area contributed by atoms with Crippen molar-refractivity contribution >= 4 is 71.8 Å². The van der Waals surface area contributed by atoms with Crippen molar-refractivity contribution in [3.63, 3.8) is 0 Å². The summed E-state index contributed by atoms with van der Waals surface area (Å²) in [6.07, 6.45) is 0. The predicted molar refractivity (Wildman–Crippen MR) is 272 cm³/mol. The van der Waals surface area contributed by atoms with Gasteiger partial charge in [-0.3, -0.25) is 0 Å². The summed E-state index contributed by atoms with van der Waals surface area (Å²) in [6.45, 7) is 29.0. The van der Waals surface area contributed by atoms with Gasteiger partial charge in [-0.25, -0.2) is 0 Å². The fourth-order valence-corrected chi connectivity index (χ4v) is 24.5. The van der Waals surface area contributed by atoms with E-state index in [0.29, 0.717) is 0 Å². The molecule has 0 N–H and O–H groups in total. The summed E-state index contributed by atoms with van der Waals surface area (Å²) in [5.41, 5.74) is 20.7. The lowest BCUT2D eigenvalue weighted by molar-refractivity contribution is 0.956. The second kappa shape index (κ2) is 14.7. The maximum Gasteiger partial charge on any atom is 0.0579 e. The maximum absolute atomic E-state index is 2.63. The molecule has 0 saturated heterocycles. The van der Waals surface area contributed by atoms with Gasteiger partial charge >= 0.3 is 0 Å². The highest BCUT2D eigenvalue weighted by Gasteiger charge is 2.59. The van der Waals surface area contributed by atoms with Crippen molar-refractivity contribution in [3.8, 4) is 11.1 Å². The third kappa shape index (κ3) is 6.76. The van der Waals surface area contributed by atoms with E-state index in [1.165, 1.54) is 100 Å². The topological polar surface area (TPSA) is 6.48 Å². The molecule has 0 amide bonds. The monoisotopic (exact) mass is 828 g/mol. The minimum atomic E-state index is -1.97. The van der Waals surface area contributed by atoms with Crippen LogP contribution in [0.1, 0.15) is 44.5 Å². The Kier molecular flexibility index (Phi) is 9.84. The van der Waals surface area contributed by atoms with Crippen molar-refractivity contribution < 1.29 is 0 Å². The number of hydrogen-bond acceptors (Lipinski definition) is 2. The highest BCUT2D eigenvalue weighted by molar-refractivity contribution is 6.99. The summed E-state index contributed by atoms with van der Waals surface area (Å²) in [6, 6.07) is 56.0. The van der Waals surface area contributed by atoms with Crippen molar-refractivity contribution in [1.82, 2.24) is 0 Å². The highest BCUT2D eigenvalue weighted by Crippen LogP contribution is 2.59. The first-order valence-corrected chi connectivity index (χ1v) is 29.0. The van der Waals surface area contributed by atoms with Gasteiger partial charge < -0.3 is 9.80 Å². The molecule has 0 radical (unpaired) electrons. The van der Waals surface area contributed by atoms with E-state index in [0.717, 1.165) is 0 Å². The first kappa shape index (κ1) is 40.7. The van der Waals surface area contributed by atoms with Gasteiger partial charge in [0.05, 0.1) is 16.1 Å². The van der Waals surface area contributed by atoms with Crippen LogP contribution in [0.25, 0.3) is 32.7 Å². The third-order valence-electron chi connectivity index (χ3n) is 13.4. The van der Waals surface area contributed by atoms with Crippen LogP contribution in [0.3, 0.4) is 0 Å². The molecule has 0 fully saturated rings. The minimum absolute atomic E-state index is 0.00816. The van der Waals surface area contributed by atoms with E-state index in [1.54, 1.807) is 11.1 Å². The summed E-state index contributed by atoms with van der Waals surface area (Å²) >= 11 is 0. The van der Waals surface area contributed by atoms with Crippen LogP contribution in [-0.4, -0.2) is 16.1 Å². The quantitative estimate of drug-likeness (QED) is 0.141. The Balaban J connectivity index is 1.27. The normalized spacial score (nSPS) is 13.4. The van der Waals surface area contributed by atoms with E-state index >= 15 is 0 Å². The summed E-state index contributed by atoms with van der Waals surface area (Å²) < 4.78 is -0.00816. The van der Waals surface area contributed by atoms with E-state index in [-0.39, 0.29) is 4.66 Å². The molecule has 2 nitrogen and oxygen atoms in total. The molecule has 0 aromatic heterocycles. The van der Waals surface area contributed by atoms with Crippen LogP contribution in [0.5, 0.6) is 0 Å². The number of fused-ring (bicyclic) bond motifs is 5. The summed E-state index contributed by atoms with van der Waals surface area (Å²) in [7, 11) is -3.94. The molecule has 0 unspecified atom stereocenters. The van der Waals surface area contributed by atoms with Gasteiger partial charge in [-0.1, -0.05) is 112 Å². The number of nitrogens with zero attached hydrogens (tertiary/aromatic N) is 2. The number of anilines is 6. The second-order valence-electron chi connectivity index (χ2n) is 20.0. The smallest absolute Gasteiger partial charge is 0.0579 e. The molecule has 8 aromatic carbocycles. The summed E-state index contributed by atoms with van der Waals surface area (Å²) in [4.78, 5) is 4.92. The zero-order valence-corrected chi connectivity index (χ0v) is 40.3. The molecule has 4 heteroatoms. The van der Waals surface area contributed by atoms with Crippen molar-refractivity contribution in [2.45, 2.75) is 85.5 Å². The molecule has 61 heavy (non-hydrogen) atoms. The van der Waals surface area contributed by atoms with Gasteiger partial charge in [0.1, 0.15) is 0 Å². The Hall–Kier alpha value is -5.69. The van der Waals surface area contributed by atoms with Crippen molar-refractivity contribution in [3.05, 3.63) is 190 Å². The fourth-order valence-electron chi connectivity index (χ4n) is 11.4. The molecular formula is C57H60N2Si2. The van der Waals surface area contributed by atoms with E-state index < -0.39 is 16.1 Å². The standard InChI is InChI=1S/C57H60N2Si2/c1-37-25-38(2)28-49(27-37)58(55-19-15-13-17-41(55)5)47-23-21-43-33-51-52-34-44-22-24-48(59(56-20-16-14-18-42(56)6)50-29-39(3)26-40(4)30-50)32-46(44)36-54(52)57(60(7,8)9,61(10,11)12)53(51)35-45(43)31-47/h13-36H,1-12H3. The zero-order valence-electron chi connectivity index (χ0n) is 38.3. The third-order valence-corrected chi connectivity index (χ3v) is 23.5. The molecule has 0 saturated carbocycles. The molecule has 306 valence electrons. The number of para-hydroxylation sites is 2.